The van der Waals surface area contributed by atoms with Gasteiger partial charge in [0.2, 0.25) is 17.7 Å². The van der Waals surface area contributed by atoms with E-state index in [1.54, 1.807) is 12.1 Å². The Morgan fingerprint density at radius 2 is 1.55 bits per heavy atom. The third kappa shape index (κ3) is 8.78. The summed E-state index contributed by atoms with van der Waals surface area (Å²) in [6.45, 7) is 0.711. The summed E-state index contributed by atoms with van der Waals surface area (Å²) in [6.07, 6.45) is 2.76. The van der Waals surface area contributed by atoms with Crippen LogP contribution in [0.2, 0.25) is 0 Å². The summed E-state index contributed by atoms with van der Waals surface area (Å²) in [7, 11) is 0. The molecule has 3 amide bonds. The van der Waals surface area contributed by atoms with Crippen LogP contribution in [-0.4, -0.2) is 76.1 Å². The topological polar surface area (TPSA) is 188 Å². The highest BCUT2D eigenvalue weighted by Gasteiger charge is 2.38. The van der Waals surface area contributed by atoms with Crippen molar-refractivity contribution in [1.29, 1.82) is 0 Å². The molecule has 1 aliphatic heterocycles. The molecule has 1 saturated heterocycles. The zero-order chi connectivity index (χ0) is 29.1. The van der Waals surface area contributed by atoms with Crippen LogP contribution in [0.25, 0.3) is 0 Å². The van der Waals surface area contributed by atoms with E-state index in [0.29, 0.717) is 38.8 Å². The molecule has 11 nitrogen and oxygen atoms in total. The molecule has 0 aromatic heterocycles. The molecule has 2 aromatic carbocycles. The van der Waals surface area contributed by atoms with E-state index in [9.17, 15) is 29.4 Å². The molecule has 0 bridgehead atoms. The number of nitrogens with two attached hydrogens (primary N) is 2. The minimum atomic E-state index is -1.08. The first-order chi connectivity index (χ1) is 19.2. The summed E-state index contributed by atoms with van der Waals surface area (Å²) in [5.74, 6) is -2.54. The van der Waals surface area contributed by atoms with Crippen LogP contribution < -0.4 is 22.1 Å². The Kier molecular flexibility index (Phi) is 11.5. The molecule has 4 atom stereocenters. The van der Waals surface area contributed by atoms with Crippen LogP contribution in [0.3, 0.4) is 0 Å². The molecular weight excluding hydrogens is 514 g/mol. The van der Waals surface area contributed by atoms with Crippen molar-refractivity contribution >= 4 is 23.7 Å². The van der Waals surface area contributed by atoms with Crippen molar-refractivity contribution in [3.05, 3.63) is 65.7 Å². The lowest BCUT2D eigenvalue weighted by Gasteiger charge is -2.29. The highest BCUT2D eigenvalue weighted by molar-refractivity contribution is 5.94. The predicted molar refractivity (Wildman–Crippen MR) is 149 cm³/mol. The van der Waals surface area contributed by atoms with Gasteiger partial charge in [-0.05, 0) is 68.3 Å². The van der Waals surface area contributed by atoms with Crippen molar-refractivity contribution < 1.29 is 29.4 Å². The number of unbranched alkanes of at least 4 members (excludes halogenated alkanes) is 1. The van der Waals surface area contributed by atoms with Gasteiger partial charge in [-0.25, -0.2) is 4.79 Å². The number of likely N-dealkylation sites (tertiary alicyclic amines) is 1. The first-order valence-electron chi connectivity index (χ1n) is 13.6. The number of carboxylic acid groups (broad SMARTS) is 1. The van der Waals surface area contributed by atoms with Gasteiger partial charge in [-0.2, -0.15) is 0 Å². The second-order valence-corrected chi connectivity index (χ2v) is 10.1. The van der Waals surface area contributed by atoms with E-state index >= 15 is 0 Å². The van der Waals surface area contributed by atoms with E-state index < -0.39 is 47.9 Å². The monoisotopic (exact) mass is 553 g/mol. The maximum absolute atomic E-state index is 13.5. The number of phenols is 1. The van der Waals surface area contributed by atoms with Crippen molar-refractivity contribution in [2.24, 2.45) is 11.5 Å². The molecule has 0 aliphatic carbocycles. The molecular formula is C29H39N5O6. The lowest BCUT2D eigenvalue weighted by molar-refractivity contribution is -0.149. The number of aromatic hydroxyl groups is 1. The Hall–Kier alpha value is -3.96. The van der Waals surface area contributed by atoms with Crippen LogP contribution in [0.4, 0.5) is 0 Å². The quantitative estimate of drug-likeness (QED) is 0.184. The number of amides is 3. The zero-order valence-electron chi connectivity index (χ0n) is 22.5. The van der Waals surface area contributed by atoms with Crippen molar-refractivity contribution in [1.82, 2.24) is 15.5 Å². The first-order valence-corrected chi connectivity index (χ1v) is 13.6. The van der Waals surface area contributed by atoms with E-state index in [0.717, 1.165) is 11.1 Å². The molecule has 0 spiro atoms. The van der Waals surface area contributed by atoms with Gasteiger partial charge in [0.15, 0.2) is 0 Å². The van der Waals surface area contributed by atoms with Crippen molar-refractivity contribution in [2.45, 2.75) is 69.1 Å². The number of nitrogens with zero attached hydrogens (tertiary/aromatic N) is 1. The number of benzene rings is 2. The number of hydrogen-bond acceptors (Lipinski definition) is 7. The average molecular weight is 554 g/mol. The van der Waals surface area contributed by atoms with Crippen LogP contribution >= 0.6 is 0 Å². The SMILES string of the molecule is NCCCC[C@@H](NC(=O)[C@@H](N)Cc1ccc(O)cc1)C(=O)N[C@@H](Cc1ccccc1)C(=O)N1CCC[C@H]1C(=O)O. The van der Waals surface area contributed by atoms with Gasteiger partial charge < -0.3 is 37.2 Å². The van der Waals surface area contributed by atoms with Gasteiger partial charge in [-0.3, -0.25) is 14.4 Å². The van der Waals surface area contributed by atoms with E-state index in [2.05, 4.69) is 10.6 Å². The number of hydrogen-bond donors (Lipinski definition) is 6. The van der Waals surface area contributed by atoms with E-state index in [1.807, 2.05) is 30.3 Å². The molecule has 0 unspecified atom stereocenters. The number of carbonyl (C=O) groups is 4. The molecule has 8 N–H and O–H groups in total. The maximum atomic E-state index is 13.5. The Morgan fingerprint density at radius 1 is 0.900 bits per heavy atom. The highest BCUT2D eigenvalue weighted by atomic mass is 16.4. The summed E-state index contributed by atoms with van der Waals surface area (Å²) < 4.78 is 0. The number of nitrogens with one attached hydrogen (secondary N) is 2. The van der Waals surface area contributed by atoms with Crippen LogP contribution in [0.15, 0.2) is 54.6 Å². The van der Waals surface area contributed by atoms with Gasteiger partial charge in [-0.1, -0.05) is 42.5 Å². The van der Waals surface area contributed by atoms with Crippen LogP contribution in [-0.2, 0) is 32.0 Å². The molecule has 1 heterocycles. The largest absolute Gasteiger partial charge is 0.508 e. The molecule has 3 rings (SSSR count). The summed E-state index contributed by atoms with van der Waals surface area (Å²) >= 11 is 0. The Labute approximate surface area is 233 Å². The fraction of sp³-hybridized carbons (Fsp3) is 0.448. The Morgan fingerprint density at radius 3 is 2.20 bits per heavy atom. The highest BCUT2D eigenvalue weighted by Crippen LogP contribution is 2.20. The molecule has 216 valence electrons. The minimum Gasteiger partial charge on any atom is -0.508 e. The Bertz CT molecular complexity index is 1140. The second kappa shape index (κ2) is 15.0. The average Bonchev–Trinajstić information content (AvgIpc) is 3.44. The van der Waals surface area contributed by atoms with Gasteiger partial charge in [0.25, 0.3) is 0 Å². The van der Waals surface area contributed by atoms with Crippen LogP contribution in [0.5, 0.6) is 5.75 Å². The smallest absolute Gasteiger partial charge is 0.326 e. The number of aliphatic carboxylic acids is 1. The molecule has 11 heteroatoms. The lowest BCUT2D eigenvalue weighted by atomic mass is 10.0. The summed E-state index contributed by atoms with van der Waals surface area (Å²) in [6, 6.07) is 11.6. The summed E-state index contributed by atoms with van der Waals surface area (Å²) in [5, 5.41) is 24.6. The van der Waals surface area contributed by atoms with Crippen LogP contribution in [0, 0.1) is 0 Å². The third-order valence-electron chi connectivity index (χ3n) is 7.03. The molecule has 40 heavy (non-hydrogen) atoms. The van der Waals surface area contributed by atoms with Crippen molar-refractivity contribution in [2.75, 3.05) is 13.1 Å². The van der Waals surface area contributed by atoms with Gasteiger partial charge >= 0.3 is 5.97 Å². The normalized spacial score (nSPS) is 17.1. The van der Waals surface area contributed by atoms with E-state index in [1.165, 1.54) is 17.0 Å². The third-order valence-corrected chi connectivity index (χ3v) is 7.03. The van der Waals surface area contributed by atoms with Crippen molar-refractivity contribution in [3.63, 3.8) is 0 Å². The number of phenolic OH excluding ortho intramolecular Hbond substituents is 1. The number of carboxylic acids is 1. The minimum absolute atomic E-state index is 0.0987. The second-order valence-electron chi connectivity index (χ2n) is 10.1. The predicted octanol–water partition coefficient (Wildman–Crippen LogP) is 0.679. The number of rotatable bonds is 14. The van der Waals surface area contributed by atoms with E-state index in [-0.39, 0.29) is 25.0 Å². The fourth-order valence-corrected chi connectivity index (χ4v) is 4.83. The molecule has 1 aliphatic rings. The molecule has 0 radical (unpaired) electrons. The standard InChI is InChI=1S/C29H39N5O6/c30-15-5-4-9-23(32-26(36)22(31)17-20-11-13-21(35)14-12-20)27(37)33-24(18-19-7-2-1-3-8-19)28(38)34-16-6-10-25(34)29(39)40/h1-3,7-8,11-14,22-25,35H,4-6,9-10,15-18,30-31H2,(H,32,36)(H,33,37)(H,39,40)/t22-,23+,24-,25-/m0/s1. The summed E-state index contributed by atoms with van der Waals surface area (Å²) in [4.78, 5) is 53.1. The first kappa shape index (κ1) is 30.6. The Balaban J connectivity index is 1.75. The van der Waals surface area contributed by atoms with Crippen molar-refractivity contribution in [3.8, 4) is 5.75 Å². The fourth-order valence-electron chi connectivity index (χ4n) is 4.83. The molecule has 0 saturated carbocycles. The van der Waals surface area contributed by atoms with Gasteiger partial charge in [0.1, 0.15) is 23.9 Å². The van der Waals surface area contributed by atoms with Crippen LogP contribution in [0.1, 0.15) is 43.2 Å². The number of carbonyl (C=O) groups excluding carboxylic acids is 3. The van der Waals surface area contributed by atoms with Gasteiger partial charge in [-0.15, -0.1) is 0 Å². The van der Waals surface area contributed by atoms with E-state index in [4.69, 9.17) is 11.5 Å². The maximum Gasteiger partial charge on any atom is 0.326 e. The zero-order valence-corrected chi connectivity index (χ0v) is 22.5. The lowest BCUT2D eigenvalue weighted by Crippen LogP contribution is -2.57. The molecule has 1 fully saturated rings. The van der Waals surface area contributed by atoms with Gasteiger partial charge in [0, 0.05) is 13.0 Å². The summed E-state index contributed by atoms with van der Waals surface area (Å²) in [5.41, 5.74) is 13.3. The van der Waals surface area contributed by atoms with Gasteiger partial charge in [0.05, 0.1) is 6.04 Å². The molecule has 2 aromatic rings.